The second-order valence-corrected chi connectivity index (χ2v) is 6.38. The van der Waals surface area contributed by atoms with Gasteiger partial charge in [0, 0.05) is 38.8 Å². The molecule has 0 atom stereocenters. The highest BCUT2D eigenvalue weighted by molar-refractivity contribution is 7.99. The lowest BCUT2D eigenvalue weighted by Crippen LogP contribution is -2.31. The number of aromatic nitrogens is 2. The van der Waals surface area contributed by atoms with E-state index in [1.54, 1.807) is 18.9 Å². The van der Waals surface area contributed by atoms with Crippen molar-refractivity contribution in [2.24, 2.45) is 0 Å². The van der Waals surface area contributed by atoms with Crippen molar-refractivity contribution in [2.75, 3.05) is 26.0 Å². The number of carbonyl (C=O) groups excluding carboxylic acids is 2. The number of likely N-dealkylation sites (tertiary alicyclic amines) is 1. The Morgan fingerprint density at radius 1 is 1.17 bits per heavy atom. The molecule has 0 saturated carbocycles. The van der Waals surface area contributed by atoms with Gasteiger partial charge >= 0.3 is 0 Å². The number of ether oxygens (including phenoxy) is 1. The summed E-state index contributed by atoms with van der Waals surface area (Å²) in [6.45, 7) is 1.77. The van der Waals surface area contributed by atoms with E-state index in [1.807, 2.05) is 24.3 Å². The fraction of sp³-hybridized carbons (Fsp3) is 0.438. The minimum absolute atomic E-state index is 0.0662. The van der Waals surface area contributed by atoms with Crippen LogP contribution in [0.25, 0.3) is 11.0 Å². The van der Waals surface area contributed by atoms with Gasteiger partial charge in [-0.05, 0) is 12.1 Å². The molecule has 0 unspecified atom stereocenters. The summed E-state index contributed by atoms with van der Waals surface area (Å²) in [6, 6.07) is 7.97. The van der Waals surface area contributed by atoms with E-state index in [9.17, 15) is 9.59 Å². The first-order chi connectivity index (χ1) is 11.2. The maximum absolute atomic E-state index is 11.6. The Bertz CT molecular complexity index is 712. The largest absolute Gasteiger partial charge is 0.383 e. The molecule has 1 fully saturated rings. The number of rotatable bonds is 7. The van der Waals surface area contributed by atoms with Gasteiger partial charge in [-0.15, -0.1) is 0 Å². The van der Waals surface area contributed by atoms with Crippen molar-refractivity contribution in [2.45, 2.75) is 24.5 Å². The Hall–Kier alpha value is -1.86. The molecule has 1 saturated heterocycles. The summed E-state index contributed by atoms with van der Waals surface area (Å²) in [4.78, 5) is 29.3. The van der Waals surface area contributed by atoms with Gasteiger partial charge in [0.2, 0.25) is 11.8 Å². The second kappa shape index (κ2) is 7.14. The Kier molecular flexibility index (Phi) is 4.97. The van der Waals surface area contributed by atoms with Gasteiger partial charge in [-0.3, -0.25) is 14.5 Å². The van der Waals surface area contributed by atoms with E-state index in [-0.39, 0.29) is 11.8 Å². The number of amides is 2. The van der Waals surface area contributed by atoms with Gasteiger partial charge in [-0.25, -0.2) is 4.98 Å². The molecule has 1 aromatic heterocycles. The third-order valence-electron chi connectivity index (χ3n) is 3.84. The Balaban J connectivity index is 1.71. The van der Waals surface area contributed by atoms with E-state index in [4.69, 9.17) is 4.74 Å². The second-order valence-electron chi connectivity index (χ2n) is 5.32. The zero-order chi connectivity index (χ0) is 16.2. The summed E-state index contributed by atoms with van der Waals surface area (Å²) in [5.74, 6) is 0.514. The molecule has 0 bridgehead atoms. The van der Waals surface area contributed by atoms with Crippen LogP contribution < -0.4 is 0 Å². The molecule has 1 aromatic carbocycles. The van der Waals surface area contributed by atoms with E-state index < -0.39 is 0 Å². The van der Waals surface area contributed by atoms with Crippen LogP contribution in [0.5, 0.6) is 0 Å². The van der Waals surface area contributed by atoms with Crippen LogP contribution in [0, 0.1) is 0 Å². The van der Waals surface area contributed by atoms with E-state index >= 15 is 0 Å². The van der Waals surface area contributed by atoms with E-state index in [0.29, 0.717) is 31.7 Å². The van der Waals surface area contributed by atoms with Crippen LogP contribution in [0.4, 0.5) is 0 Å². The molecule has 2 aromatic rings. The molecule has 122 valence electrons. The number of fused-ring (bicyclic) bond motifs is 1. The summed E-state index contributed by atoms with van der Waals surface area (Å²) in [5, 5.41) is 0.891. The average molecular weight is 333 g/mol. The molecule has 0 radical (unpaired) electrons. The molecule has 2 heterocycles. The quantitative estimate of drug-likeness (QED) is 0.572. The first-order valence-electron chi connectivity index (χ1n) is 7.61. The van der Waals surface area contributed by atoms with Crippen molar-refractivity contribution in [3.05, 3.63) is 24.3 Å². The number of methoxy groups -OCH3 is 1. The van der Waals surface area contributed by atoms with E-state index in [1.165, 1.54) is 4.90 Å². The number of carbonyl (C=O) groups is 2. The highest BCUT2D eigenvalue weighted by Gasteiger charge is 2.28. The highest BCUT2D eigenvalue weighted by Crippen LogP contribution is 2.24. The molecule has 3 rings (SSSR count). The van der Waals surface area contributed by atoms with E-state index in [2.05, 4.69) is 9.55 Å². The molecule has 7 heteroatoms. The number of imidazole rings is 1. The van der Waals surface area contributed by atoms with Crippen molar-refractivity contribution in [1.82, 2.24) is 14.5 Å². The summed E-state index contributed by atoms with van der Waals surface area (Å²) in [6.07, 6.45) is 0.686. The van der Waals surface area contributed by atoms with Crippen molar-refractivity contribution >= 4 is 34.6 Å². The van der Waals surface area contributed by atoms with Crippen molar-refractivity contribution in [3.63, 3.8) is 0 Å². The van der Waals surface area contributed by atoms with Gasteiger partial charge in [0.25, 0.3) is 0 Å². The number of hydrogen-bond donors (Lipinski definition) is 0. The number of para-hydroxylation sites is 2. The summed E-state index contributed by atoms with van der Waals surface area (Å²) >= 11 is 1.56. The SMILES string of the molecule is COCCn1c(SCCN2C(=O)CCC2=O)nc2ccccc21. The van der Waals surface area contributed by atoms with Gasteiger partial charge < -0.3 is 9.30 Å². The third kappa shape index (κ3) is 3.40. The normalized spacial score (nSPS) is 15.1. The molecule has 2 amide bonds. The zero-order valence-corrected chi connectivity index (χ0v) is 13.8. The lowest BCUT2D eigenvalue weighted by Gasteiger charge is -2.13. The molecule has 1 aliphatic rings. The van der Waals surface area contributed by atoms with Crippen LogP contribution in [-0.2, 0) is 20.9 Å². The van der Waals surface area contributed by atoms with Gasteiger partial charge in [-0.1, -0.05) is 23.9 Å². The Morgan fingerprint density at radius 3 is 2.65 bits per heavy atom. The monoisotopic (exact) mass is 333 g/mol. The van der Waals surface area contributed by atoms with Gasteiger partial charge in [0.1, 0.15) is 0 Å². The number of benzene rings is 1. The van der Waals surface area contributed by atoms with Gasteiger partial charge in [0.05, 0.1) is 17.6 Å². The van der Waals surface area contributed by atoms with Crippen LogP contribution in [0.15, 0.2) is 29.4 Å². The number of nitrogens with zero attached hydrogens (tertiary/aromatic N) is 3. The van der Waals surface area contributed by atoms with Crippen molar-refractivity contribution in [3.8, 4) is 0 Å². The standard InChI is InChI=1S/C16H19N3O3S/c1-22-10-8-18-13-5-3-2-4-12(13)17-16(18)23-11-9-19-14(20)6-7-15(19)21/h2-5H,6-11H2,1H3. The fourth-order valence-corrected chi connectivity index (χ4v) is 3.63. The summed E-state index contributed by atoms with van der Waals surface area (Å²) in [5.41, 5.74) is 2.01. The molecular weight excluding hydrogens is 314 g/mol. The average Bonchev–Trinajstić information content (AvgIpc) is 3.07. The number of imide groups is 1. The minimum Gasteiger partial charge on any atom is -0.383 e. The number of hydrogen-bond acceptors (Lipinski definition) is 5. The Morgan fingerprint density at radius 2 is 1.91 bits per heavy atom. The topological polar surface area (TPSA) is 64.4 Å². The molecule has 23 heavy (non-hydrogen) atoms. The predicted octanol–water partition coefficient (Wildman–Crippen LogP) is 1.92. The fourth-order valence-electron chi connectivity index (χ4n) is 2.66. The summed E-state index contributed by atoms with van der Waals surface area (Å²) in [7, 11) is 1.68. The molecule has 6 nitrogen and oxygen atoms in total. The van der Waals surface area contributed by atoms with Crippen molar-refractivity contribution < 1.29 is 14.3 Å². The molecular formula is C16H19N3O3S. The molecule has 0 N–H and O–H groups in total. The van der Waals surface area contributed by atoms with Crippen LogP contribution >= 0.6 is 11.8 Å². The molecule has 0 spiro atoms. The first-order valence-corrected chi connectivity index (χ1v) is 8.59. The Labute approximate surface area is 138 Å². The highest BCUT2D eigenvalue weighted by atomic mass is 32.2. The van der Waals surface area contributed by atoms with Gasteiger partial charge in [0.15, 0.2) is 5.16 Å². The van der Waals surface area contributed by atoms with Crippen LogP contribution in [0.2, 0.25) is 0 Å². The number of thioether (sulfide) groups is 1. The lowest BCUT2D eigenvalue weighted by molar-refractivity contribution is -0.137. The minimum atomic E-state index is -0.0662. The maximum Gasteiger partial charge on any atom is 0.229 e. The third-order valence-corrected chi connectivity index (χ3v) is 4.80. The van der Waals surface area contributed by atoms with Crippen molar-refractivity contribution in [1.29, 1.82) is 0 Å². The van der Waals surface area contributed by atoms with Crippen LogP contribution in [0.3, 0.4) is 0 Å². The molecule has 1 aliphatic heterocycles. The predicted molar refractivity (Wildman–Crippen MR) is 88.3 cm³/mol. The molecule has 0 aliphatic carbocycles. The van der Waals surface area contributed by atoms with Crippen LogP contribution in [0.1, 0.15) is 12.8 Å². The maximum atomic E-state index is 11.6. The van der Waals surface area contributed by atoms with Crippen LogP contribution in [-0.4, -0.2) is 52.3 Å². The summed E-state index contributed by atoms with van der Waals surface area (Å²) < 4.78 is 7.30. The smallest absolute Gasteiger partial charge is 0.229 e. The van der Waals surface area contributed by atoms with E-state index in [0.717, 1.165) is 22.7 Å². The first kappa shape index (κ1) is 16.0. The zero-order valence-electron chi connectivity index (χ0n) is 13.0. The van der Waals surface area contributed by atoms with Gasteiger partial charge in [-0.2, -0.15) is 0 Å². The lowest BCUT2D eigenvalue weighted by atomic mass is 10.3.